The molecule has 0 aromatic carbocycles. The van der Waals surface area contributed by atoms with Gasteiger partial charge < -0.3 is 15.7 Å². The molecule has 1 saturated heterocycles. The molecule has 16 heavy (non-hydrogen) atoms. The highest BCUT2D eigenvalue weighted by molar-refractivity contribution is 5.76. The fourth-order valence-corrected chi connectivity index (χ4v) is 2.66. The van der Waals surface area contributed by atoms with Crippen molar-refractivity contribution in [3.8, 4) is 0 Å². The Labute approximate surface area is 96.8 Å². The number of rotatable bonds is 3. The standard InChI is InChI=1S/C12H22N2O2/c15-11-3-1-10(2-4-11)14-12(16)7-9-5-6-13-8-9/h9-11,13,15H,1-8H2,(H,14,16). The topological polar surface area (TPSA) is 61.4 Å². The molecule has 1 unspecified atom stereocenters. The third kappa shape index (κ3) is 3.46. The number of carbonyl (C=O) groups excluding carboxylic acids is 1. The van der Waals surface area contributed by atoms with Gasteiger partial charge in [-0.3, -0.25) is 4.79 Å². The zero-order valence-electron chi connectivity index (χ0n) is 9.74. The predicted octanol–water partition coefficient (Wildman–Crippen LogP) is 0.406. The van der Waals surface area contributed by atoms with E-state index in [1.165, 1.54) is 0 Å². The minimum atomic E-state index is -0.146. The number of hydrogen-bond acceptors (Lipinski definition) is 3. The predicted molar refractivity (Wildman–Crippen MR) is 62.0 cm³/mol. The van der Waals surface area contributed by atoms with E-state index in [0.29, 0.717) is 18.4 Å². The number of aliphatic hydroxyl groups is 1. The summed E-state index contributed by atoms with van der Waals surface area (Å²) < 4.78 is 0. The molecular weight excluding hydrogens is 204 g/mol. The summed E-state index contributed by atoms with van der Waals surface area (Å²) in [6.07, 6.45) is 5.15. The lowest BCUT2D eigenvalue weighted by Crippen LogP contribution is -2.39. The molecular formula is C12H22N2O2. The van der Waals surface area contributed by atoms with E-state index in [1.54, 1.807) is 0 Å². The van der Waals surface area contributed by atoms with E-state index in [4.69, 9.17) is 0 Å². The second-order valence-corrected chi connectivity index (χ2v) is 5.14. The van der Waals surface area contributed by atoms with Crippen LogP contribution < -0.4 is 10.6 Å². The maximum Gasteiger partial charge on any atom is 0.220 e. The molecule has 4 nitrogen and oxygen atoms in total. The van der Waals surface area contributed by atoms with Gasteiger partial charge in [0.05, 0.1) is 6.10 Å². The molecule has 1 atom stereocenters. The molecule has 2 aliphatic rings. The largest absolute Gasteiger partial charge is 0.393 e. The SMILES string of the molecule is O=C(CC1CCNC1)NC1CCC(O)CC1. The molecule has 0 radical (unpaired) electrons. The molecule has 0 aromatic heterocycles. The van der Waals surface area contributed by atoms with E-state index in [-0.39, 0.29) is 12.0 Å². The summed E-state index contributed by atoms with van der Waals surface area (Å²) in [5, 5.41) is 15.7. The normalized spacial score (nSPS) is 34.9. The summed E-state index contributed by atoms with van der Waals surface area (Å²) in [6.45, 7) is 2.03. The van der Waals surface area contributed by atoms with E-state index in [1.807, 2.05) is 0 Å². The van der Waals surface area contributed by atoms with E-state index in [2.05, 4.69) is 10.6 Å². The Balaban J connectivity index is 1.66. The Morgan fingerprint density at radius 2 is 2.00 bits per heavy atom. The fourth-order valence-electron chi connectivity index (χ4n) is 2.66. The number of aliphatic hydroxyl groups excluding tert-OH is 1. The Bertz CT molecular complexity index is 231. The van der Waals surface area contributed by atoms with Crippen molar-refractivity contribution >= 4 is 5.91 Å². The van der Waals surface area contributed by atoms with Gasteiger partial charge in [-0.15, -0.1) is 0 Å². The molecule has 2 rings (SSSR count). The average molecular weight is 226 g/mol. The Morgan fingerprint density at radius 3 is 2.62 bits per heavy atom. The van der Waals surface area contributed by atoms with Crippen LogP contribution in [0, 0.1) is 5.92 Å². The van der Waals surface area contributed by atoms with Crippen LogP contribution in [0.2, 0.25) is 0 Å². The van der Waals surface area contributed by atoms with Gasteiger partial charge >= 0.3 is 0 Å². The van der Waals surface area contributed by atoms with Crippen LogP contribution >= 0.6 is 0 Å². The van der Waals surface area contributed by atoms with Crippen LogP contribution in [0.3, 0.4) is 0 Å². The second kappa shape index (κ2) is 5.64. The molecule has 1 heterocycles. The van der Waals surface area contributed by atoms with Crippen LogP contribution in [-0.2, 0) is 4.79 Å². The van der Waals surface area contributed by atoms with Crippen LogP contribution in [0.15, 0.2) is 0 Å². The number of hydrogen-bond donors (Lipinski definition) is 3. The van der Waals surface area contributed by atoms with Gasteiger partial charge in [0.25, 0.3) is 0 Å². The monoisotopic (exact) mass is 226 g/mol. The lowest BCUT2D eigenvalue weighted by Gasteiger charge is -2.26. The van der Waals surface area contributed by atoms with Gasteiger partial charge in [-0.1, -0.05) is 0 Å². The van der Waals surface area contributed by atoms with Gasteiger partial charge in [-0.25, -0.2) is 0 Å². The summed E-state index contributed by atoms with van der Waals surface area (Å²) in [5.41, 5.74) is 0. The number of nitrogens with one attached hydrogen (secondary N) is 2. The van der Waals surface area contributed by atoms with Crippen LogP contribution in [-0.4, -0.2) is 36.2 Å². The zero-order valence-corrected chi connectivity index (χ0v) is 9.74. The third-order valence-corrected chi connectivity index (χ3v) is 3.70. The molecule has 1 saturated carbocycles. The van der Waals surface area contributed by atoms with Crippen LogP contribution in [0.5, 0.6) is 0 Å². The highest BCUT2D eigenvalue weighted by atomic mass is 16.3. The molecule has 1 amide bonds. The van der Waals surface area contributed by atoms with Crippen molar-refractivity contribution in [1.29, 1.82) is 0 Å². The van der Waals surface area contributed by atoms with Crippen molar-refractivity contribution < 1.29 is 9.90 Å². The molecule has 0 bridgehead atoms. The molecule has 92 valence electrons. The molecule has 1 aliphatic carbocycles. The quantitative estimate of drug-likeness (QED) is 0.653. The van der Waals surface area contributed by atoms with Crippen molar-refractivity contribution in [2.45, 2.75) is 50.7 Å². The van der Waals surface area contributed by atoms with E-state index in [0.717, 1.165) is 45.2 Å². The van der Waals surface area contributed by atoms with Crippen molar-refractivity contribution in [3.63, 3.8) is 0 Å². The van der Waals surface area contributed by atoms with Crippen molar-refractivity contribution in [2.24, 2.45) is 5.92 Å². The second-order valence-electron chi connectivity index (χ2n) is 5.14. The highest BCUT2D eigenvalue weighted by Crippen LogP contribution is 2.19. The molecule has 2 fully saturated rings. The minimum absolute atomic E-state index is 0.146. The van der Waals surface area contributed by atoms with Crippen LogP contribution in [0.1, 0.15) is 38.5 Å². The molecule has 3 N–H and O–H groups in total. The summed E-state index contributed by atoms with van der Waals surface area (Å²) in [5.74, 6) is 0.712. The Hall–Kier alpha value is -0.610. The van der Waals surface area contributed by atoms with Crippen molar-refractivity contribution in [2.75, 3.05) is 13.1 Å². The van der Waals surface area contributed by atoms with Gasteiger partial charge in [-0.2, -0.15) is 0 Å². The first-order valence-corrected chi connectivity index (χ1v) is 6.42. The first kappa shape index (κ1) is 11.9. The summed E-state index contributed by atoms with van der Waals surface area (Å²) in [4.78, 5) is 11.7. The van der Waals surface area contributed by atoms with Crippen LogP contribution in [0.25, 0.3) is 0 Å². The maximum absolute atomic E-state index is 11.7. The minimum Gasteiger partial charge on any atom is -0.393 e. The van der Waals surface area contributed by atoms with Gasteiger partial charge in [0.15, 0.2) is 0 Å². The highest BCUT2D eigenvalue weighted by Gasteiger charge is 2.23. The number of amides is 1. The Kier molecular flexibility index (Phi) is 4.18. The van der Waals surface area contributed by atoms with Gasteiger partial charge in [0.1, 0.15) is 0 Å². The van der Waals surface area contributed by atoms with E-state index in [9.17, 15) is 9.90 Å². The lowest BCUT2D eigenvalue weighted by atomic mass is 9.93. The van der Waals surface area contributed by atoms with E-state index < -0.39 is 0 Å². The first-order chi connectivity index (χ1) is 7.74. The van der Waals surface area contributed by atoms with Gasteiger partial charge in [0, 0.05) is 12.5 Å². The Morgan fingerprint density at radius 1 is 1.25 bits per heavy atom. The fraction of sp³-hybridized carbons (Fsp3) is 0.917. The first-order valence-electron chi connectivity index (χ1n) is 6.42. The average Bonchev–Trinajstić information content (AvgIpc) is 2.74. The summed E-state index contributed by atoms with van der Waals surface area (Å²) >= 11 is 0. The summed E-state index contributed by atoms with van der Waals surface area (Å²) in [6, 6.07) is 0.297. The maximum atomic E-state index is 11.7. The third-order valence-electron chi connectivity index (χ3n) is 3.70. The molecule has 4 heteroatoms. The molecule has 0 aromatic rings. The van der Waals surface area contributed by atoms with Crippen molar-refractivity contribution in [3.05, 3.63) is 0 Å². The zero-order chi connectivity index (χ0) is 11.4. The molecule has 0 spiro atoms. The van der Waals surface area contributed by atoms with Crippen LogP contribution in [0.4, 0.5) is 0 Å². The van der Waals surface area contributed by atoms with Gasteiger partial charge in [0.2, 0.25) is 5.91 Å². The summed E-state index contributed by atoms with van der Waals surface area (Å²) in [7, 11) is 0. The lowest BCUT2D eigenvalue weighted by molar-refractivity contribution is -0.123. The number of carbonyl (C=O) groups is 1. The smallest absolute Gasteiger partial charge is 0.220 e. The van der Waals surface area contributed by atoms with Gasteiger partial charge in [-0.05, 0) is 51.1 Å². The van der Waals surface area contributed by atoms with E-state index >= 15 is 0 Å². The molecule has 1 aliphatic heterocycles. The van der Waals surface area contributed by atoms with Crippen molar-refractivity contribution in [1.82, 2.24) is 10.6 Å².